The topological polar surface area (TPSA) is 38.0 Å². The van der Waals surface area contributed by atoms with E-state index in [2.05, 4.69) is 5.43 Å². The number of hydrogen-bond donors (Lipinski definition) is 2. The fraction of sp³-hybridized carbons (Fsp3) is 0.143. The maximum absolute atomic E-state index is 13.9. The SMILES string of the molecule is NNC(Cc1ccccc1F)c1cccc(Cl)c1F. The third-order valence-electron chi connectivity index (χ3n) is 2.94. The van der Waals surface area contributed by atoms with Gasteiger partial charge in [-0.15, -0.1) is 0 Å². The number of halogens is 3. The second-order valence-corrected chi connectivity index (χ2v) is 4.57. The normalized spacial score (nSPS) is 12.4. The fourth-order valence-corrected chi connectivity index (χ4v) is 2.11. The van der Waals surface area contributed by atoms with Crippen LogP contribution in [0.1, 0.15) is 17.2 Å². The lowest BCUT2D eigenvalue weighted by atomic mass is 9.98. The summed E-state index contributed by atoms with van der Waals surface area (Å²) in [7, 11) is 0. The van der Waals surface area contributed by atoms with Crippen LogP contribution in [0, 0.1) is 11.6 Å². The van der Waals surface area contributed by atoms with Crippen molar-refractivity contribution < 1.29 is 8.78 Å². The maximum Gasteiger partial charge on any atom is 0.146 e. The van der Waals surface area contributed by atoms with Crippen LogP contribution in [0.2, 0.25) is 5.02 Å². The van der Waals surface area contributed by atoms with Crippen molar-refractivity contribution in [1.29, 1.82) is 0 Å². The zero-order valence-electron chi connectivity index (χ0n) is 10.0. The van der Waals surface area contributed by atoms with Gasteiger partial charge in [-0.25, -0.2) is 8.78 Å². The van der Waals surface area contributed by atoms with Crippen molar-refractivity contribution >= 4 is 11.6 Å². The van der Waals surface area contributed by atoms with E-state index in [1.807, 2.05) is 0 Å². The first-order valence-electron chi connectivity index (χ1n) is 5.77. The van der Waals surface area contributed by atoms with Crippen LogP contribution in [0.5, 0.6) is 0 Å². The van der Waals surface area contributed by atoms with Crippen LogP contribution in [0.3, 0.4) is 0 Å². The van der Waals surface area contributed by atoms with E-state index in [1.165, 1.54) is 12.1 Å². The molecule has 0 bridgehead atoms. The lowest BCUT2D eigenvalue weighted by Gasteiger charge is -2.18. The van der Waals surface area contributed by atoms with Gasteiger partial charge in [0.2, 0.25) is 0 Å². The van der Waals surface area contributed by atoms with Crippen molar-refractivity contribution in [2.45, 2.75) is 12.5 Å². The highest BCUT2D eigenvalue weighted by atomic mass is 35.5. The second-order valence-electron chi connectivity index (χ2n) is 4.16. The van der Waals surface area contributed by atoms with Gasteiger partial charge in [-0.05, 0) is 24.1 Å². The van der Waals surface area contributed by atoms with Gasteiger partial charge in [0.15, 0.2) is 0 Å². The van der Waals surface area contributed by atoms with Gasteiger partial charge >= 0.3 is 0 Å². The van der Waals surface area contributed by atoms with Gasteiger partial charge in [-0.2, -0.15) is 0 Å². The van der Waals surface area contributed by atoms with E-state index >= 15 is 0 Å². The van der Waals surface area contributed by atoms with Crippen molar-refractivity contribution in [3.8, 4) is 0 Å². The van der Waals surface area contributed by atoms with Gasteiger partial charge in [0.25, 0.3) is 0 Å². The highest BCUT2D eigenvalue weighted by molar-refractivity contribution is 6.30. The molecule has 0 saturated heterocycles. The molecule has 0 radical (unpaired) electrons. The summed E-state index contributed by atoms with van der Waals surface area (Å²) in [6.07, 6.45) is 0.237. The van der Waals surface area contributed by atoms with E-state index < -0.39 is 11.9 Å². The Morgan fingerprint density at radius 2 is 1.84 bits per heavy atom. The molecule has 3 N–H and O–H groups in total. The van der Waals surface area contributed by atoms with Crippen LogP contribution in [-0.2, 0) is 6.42 Å². The van der Waals surface area contributed by atoms with Gasteiger partial charge in [0.1, 0.15) is 11.6 Å². The van der Waals surface area contributed by atoms with E-state index in [9.17, 15) is 8.78 Å². The zero-order valence-corrected chi connectivity index (χ0v) is 10.8. The Hall–Kier alpha value is -1.49. The largest absolute Gasteiger partial charge is 0.271 e. The van der Waals surface area contributed by atoms with Crippen LogP contribution in [0.15, 0.2) is 42.5 Å². The lowest BCUT2D eigenvalue weighted by molar-refractivity contribution is 0.499. The third-order valence-corrected chi connectivity index (χ3v) is 3.23. The second kappa shape index (κ2) is 6.10. The molecule has 0 amide bonds. The zero-order chi connectivity index (χ0) is 13.8. The van der Waals surface area contributed by atoms with Crippen molar-refractivity contribution in [3.05, 3.63) is 70.2 Å². The summed E-state index contributed by atoms with van der Waals surface area (Å²) in [5.74, 6) is 4.56. The molecule has 1 atom stereocenters. The van der Waals surface area contributed by atoms with E-state index in [0.29, 0.717) is 11.1 Å². The average Bonchev–Trinajstić information content (AvgIpc) is 2.41. The molecule has 0 heterocycles. The molecule has 2 nitrogen and oxygen atoms in total. The number of nitrogens with one attached hydrogen (secondary N) is 1. The summed E-state index contributed by atoms with van der Waals surface area (Å²) in [6.45, 7) is 0. The molecule has 0 aromatic heterocycles. The first kappa shape index (κ1) is 13.9. The molecule has 5 heteroatoms. The Bertz CT molecular complexity index is 575. The lowest BCUT2D eigenvalue weighted by Crippen LogP contribution is -2.30. The average molecular weight is 283 g/mol. The Morgan fingerprint density at radius 1 is 1.11 bits per heavy atom. The molecule has 2 aromatic rings. The van der Waals surface area contributed by atoms with Crippen LogP contribution < -0.4 is 11.3 Å². The van der Waals surface area contributed by atoms with E-state index in [-0.39, 0.29) is 17.3 Å². The molecule has 0 aliphatic carbocycles. The highest BCUT2D eigenvalue weighted by Gasteiger charge is 2.18. The summed E-state index contributed by atoms with van der Waals surface area (Å²) in [6, 6.07) is 10.4. The summed E-state index contributed by atoms with van der Waals surface area (Å²) in [5.41, 5.74) is 3.28. The minimum atomic E-state index is -0.546. The molecular weight excluding hydrogens is 270 g/mol. The van der Waals surface area contributed by atoms with Crippen molar-refractivity contribution in [3.63, 3.8) is 0 Å². The monoisotopic (exact) mass is 282 g/mol. The standard InChI is InChI=1S/C14H13ClF2N2/c15-11-6-3-5-10(14(11)17)13(19-18)8-9-4-1-2-7-12(9)16/h1-7,13,19H,8,18H2. The van der Waals surface area contributed by atoms with Crippen molar-refractivity contribution in [2.75, 3.05) is 0 Å². The summed E-state index contributed by atoms with van der Waals surface area (Å²) in [4.78, 5) is 0. The first-order chi connectivity index (χ1) is 9.13. The van der Waals surface area contributed by atoms with Gasteiger partial charge in [-0.3, -0.25) is 11.3 Å². The molecule has 100 valence electrons. The summed E-state index contributed by atoms with van der Waals surface area (Å²) in [5, 5.41) is 0.0197. The Labute approximate surface area is 115 Å². The molecule has 19 heavy (non-hydrogen) atoms. The third kappa shape index (κ3) is 3.10. The van der Waals surface area contributed by atoms with Crippen LogP contribution in [0.4, 0.5) is 8.78 Å². The molecule has 0 saturated carbocycles. The summed E-state index contributed by atoms with van der Waals surface area (Å²) >= 11 is 5.73. The fourth-order valence-electron chi connectivity index (χ4n) is 1.93. The minimum absolute atomic E-state index is 0.0197. The van der Waals surface area contributed by atoms with Crippen LogP contribution in [-0.4, -0.2) is 0 Å². The van der Waals surface area contributed by atoms with Gasteiger partial charge in [0, 0.05) is 5.56 Å². The molecule has 1 unspecified atom stereocenters. The van der Waals surface area contributed by atoms with Crippen LogP contribution >= 0.6 is 11.6 Å². The van der Waals surface area contributed by atoms with Gasteiger partial charge < -0.3 is 0 Å². The first-order valence-corrected chi connectivity index (χ1v) is 6.14. The molecule has 0 spiro atoms. The van der Waals surface area contributed by atoms with E-state index in [1.54, 1.807) is 30.3 Å². The van der Waals surface area contributed by atoms with Crippen molar-refractivity contribution in [2.24, 2.45) is 5.84 Å². The Morgan fingerprint density at radius 3 is 2.53 bits per heavy atom. The smallest absolute Gasteiger partial charge is 0.146 e. The minimum Gasteiger partial charge on any atom is -0.271 e. The number of hydrogen-bond acceptors (Lipinski definition) is 2. The van der Waals surface area contributed by atoms with Gasteiger partial charge in [-0.1, -0.05) is 41.9 Å². The number of rotatable bonds is 4. The number of nitrogens with two attached hydrogens (primary N) is 1. The molecule has 2 aromatic carbocycles. The molecular formula is C14H13ClF2N2. The maximum atomic E-state index is 13.9. The highest BCUT2D eigenvalue weighted by Crippen LogP contribution is 2.26. The van der Waals surface area contributed by atoms with E-state index in [0.717, 1.165) is 0 Å². The number of benzene rings is 2. The molecule has 2 rings (SSSR count). The van der Waals surface area contributed by atoms with Crippen molar-refractivity contribution in [1.82, 2.24) is 5.43 Å². The molecule has 0 fully saturated rings. The predicted molar refractivity (Wildman–Crippen MR) is 71.6 cm³/mol. The van der Waals surface area contributed by atoms with E-state index in [4.69, 9.17) is 17.4 Å². The predicted octanol–water partition coefficient (Wildman–Crippen LogP) is 3.37. The Kier molecular flexibility index (Phi) is 4.47. The quantitative estimate of drug-likeness (QED) is 0.666. The van der Waals surface area contributed by atoms with Crippen LogP contribution in [0.25, 0.3) is 0 Å². The molecule has 0 aliphatic heterocycles. The number of hydrazine groups is 1. The van der Waals surface area contributed by atoms with Gasteiger partial charge in [0.05, 0.1) is 11.1 Å². The summed E-state index contributed by atoms with van der Waals surface area (Å²) < 4.78 is 27.5. The molecule has 0 aliphatic rings. The Balaban J connectivity index is 2.31.